The molecule has 128 valence electrons. The van der Waals surface area contributed by atoms with Gasteiger partial charge in [0.1, 0.15) is 5.82 Å². The average Bonchev–Trinajstić information content (AvgIpc) is 2.88. The summed E-state index contributed by atoms with van der Waals surface area (Å²) < 4.78 is 13.0. The van der Waals surface area contributed by atoms with Gasteiger partial charge in [-0.15, -0.1) is 0 Å². The number of quaternary nitrogens is 1. The number of imide groups is 1. The van der Waals surface area contributed by atoms with E-state index in [1.165, 1.54) is 21.9 Å². The van der Waals surface area contributed by atoms with E-state index in [2.05, 4.69) is 4.90 Å². The molecule has 1 fully saturated rings. The predicted octanol–water partition coefficient (Wildman–Crippen LogP) is 0.784. The number of halogens is 1. The molecule has 0 spiro atoms. The Labute approximate surface area is 145 Å². The molecular weight excluding hydrogens is 321 g/mol. The summed E-state index contributed by atoms with van der Waals surface area (Å²) in [5, 5.41) is 0. The number of carbonyl (C=O) groups excluding carboxylic acids is 2. The molecule has 0 aromatic heterocycles. The first-order chi connectivity index (χ1) is 12.1. The summed E-state index contributed by atoms with van der Waals surface area (Å²) in [5.74, 6) is -0.637. The molecule has 2 aromatic rings. The van der Waals surface area contributed by atoms with Crippen LogP contribution in [-0.4, -0.2) is 49.6 Å². The number of nitrogens with zero attached hydrogens (tertiary/aromatic N) is 2. The molecule has 0 radical (unpaired) electrons. The highest BCUT2D eigenvalue weighted by Gasteiger charge is 2.38. The predicted molar refractivity (Wildman–Crippen MR) is 91.1 cm³/mol. The van der Waals surface area contributed by atoms with E-state index in [1.54, 1.807) is 36.4 Å². The van der Waals surface area contributed by atoms with Gasteiger partial charge in [0, 0.05) is 5.69 Å². The number of benzene rings is 2. The molecule has 0 aliphatic carbocycles. The fourth-order valence-electron chi connectivity index (χ4n) is 3.50. The van der Waals surface area contributed by atoms with Crippen molar-refractivity contribution < 1.29 is 18.9 Å². The number of hydrogen-bond donors (Lipinski definition) is 1. The van der Waals surface area contributed by atoms with E-state index in [4.69, 9.17) is 0 Å². The molecule has 0 bridgehead atoms. The van der Waals surface area contributed by atoms with E-state index in [0.29, 0.717) is 17.8 Å². The minimum Gasteiger partial charge on any atom is -0.360 e. The summed E-state index contributed by atoms with van der Waals surface area (Å²) in [7, 11) is 0. The summed E-state index contributed by atoms with van der Waals surface area (Å²) in [6.07, 6.45) is 0. The summed E-state index contributed by atoms with van der Waals surface area (Å²) in [5.41, 5.74) is 2.00. The van der Waals surface area contributed by atoms with Crippen LogP contribution in [0.4, 0.5) is 10.1 Å². The van der Waals surface area contributed by atoms with Gasteiger partial charge in [0.2, 0.25) is 0 Å². The standard InChI is InChI=1S/C19H18FN3O2/c20-14-5-7-15(8-6-14)22-11-9-21(10-12-22)13-23-18(24)16-3-1-2-4-17(16)19(23)25/h1-8H,9-13H2/p+1. The highest BCUT2D eigenvalue weighted by Crippen LogP contribution is 2.21. The van der Waals surface area contributed by atoms with Crippen LogP contribution in [0.15, 0.2) is 48.5 Å². The lowest BCUT2D eigenvalue weighted by atomic mass is 10.1. The molecule has 0 unspecified atom stereocenters. The van der Waals surface area contributed by atoms with Crippen molar-refractivity contribution in [2.24, 2.45) is 0 Å². The van der Waals surface area contributed by atoms with Crippen LogP contribution in [0.2, 0.25) is 0 Å². The average molecular weight is 340 g/mol. The molecule has 5 nitrogen and oxygen atoms in total. The number of rotatable bonds is 3. The normalized spacial score (nSPS) is 18.0. The highest BCUT2D eigenvalue weighted by molar-refractivity contribution is 6.21. The monoisotopic (exact) mass is 340 g/mol. The van der Waals surface area contributed by atoms with Crippen molar-refractivity contribution in [2.75, 3.05) is 37.7 Å². The highest BCUT2D eigenvalue weighted by atomic mass is 19.1. The Morgan fingerprint density at radius 2 is 1.44 bits per heavy atom. The van der Waals surface area contributed by atoms with Crippen molar-refractivity contribution in [2.45, 2.75) is 0 Å². The van der Waals surface area contributed by atoms with E-state index >= 15 is 0 Å². The van der Waals surface area contributed by atoms with Gasteiger partial charge in [-0.1, -0.05) is 12.1 Å². The van der Waals surface area contributed by atoms with Crippen molar-refractivity contribution in [1.82, 2.24) is 4.90 Å². The van der Waals surface area contributed by atoms with E-state index < -0.39 is 0 Å². The maximum absolute atomic E-state index is 13.0. The summed E-state index contributed by atoms with van der Waals surface area (Å²) in [4.78, 5) is 29.6. The first-order valence-corrected chi connectivity index (χ1v) is 8.43. The molecular formula is C19H19FN3O2+. The Morgan fingerprint density at radius 3 is 2.00 bits per heavy atom. The quantitative estimate of drug-likeness (QED) is 0.840. The smallest absolute Gasteiger partial charge is 0.265 e. The summed E-state index contributed by atoms with van der Waals surface area (Å²) >= 11 is 0. The number of fused-ring (bicyclic) bond motifs is 1. The molecule has 1 N–H and O–H groups in total. The lowest BCUT2D eigenvalue weighted by Gasteiger charge is -2.34. The van der Waals surface area contributed by atoms with Crippen LogP contribution in [-0.2, 0) is 0 Å². The Balaban J connectivity index is 1.39. The molecule has 1 saturated heterocycles. The van der Waals surface area contributed by atoms with Gasteiger partial charge in [-0.2, -0.15) is 0 Å². The van der Waals surface area contributed by atoms with Gasteiger partial charge in [-0.25, -0.2) is 9.29 Å². The van der Waals surface area contributed by atoms with Crippen molar-refractivity contribution in [1.29, 1.82) is 0 Å². The largest absolute Gasteiger partial charge is 0.360 e. The van der Waals surface area contributed by atoms with Gasteiger partial charge in [0.05, 0.1) is 37.3 Å². The second-order valence-corrected chi connectivity index (χ2v) is 6.46. The van der Waals surface area contributed by atoms with E-state index in [1.807, 2.05) is 0 Å². The van der Waals surface area contributed by atoms with Gasteiger partial charge < -0.3 is 9.80 Å². The van der Waals surface area contributed by atoms with Crippen LogP contribution < -0.4 is 9.80 Å². The SMILES string of the molecule is O=C1c2ccccc2C(=O)N1C[NH+]1CCN(c2ccc(F)cc2)CC1. The van der Waals surface area contributed by atoms with Crippen molar-refractivity contribution >= 4 is 17.5 Å². The van der Waals surface area contributed by atoms with E-state index in [9.17, 15) is 14.0 Å². The zero-order valence-electron chi connectivity index (χ0n) is 13.7. The summed E-state index contributed by atoms with van der Waals surface area (Å²) in [6.45, 7) is 3.66. The second-order valence-electron chi connectivity index (χ2n) is 6.46. The Bertz CT molecular complexity index is 779. The number of nitrogens with one attached hydrogen (secondary N) is 1. The maximum atomic E-state index is 13.0. The van der Waals surface area contributed by atoms with Crippen molar-refractivity contribution in [3.63, 3.8) is 0 Å². The lowest BCUT2D eigenvalue weighted by molar-refractivity contribution is -0.907. The number of amides is 2. The third-order valence-corrected chi connectivity index (χ3v) is 4.92. The van der Waals surface area contributed by atoms with Gasteiger partial charge >= 0.3 is 0 Å². The number of carbonyl (C=O) groups is 2. The molecule has 6 heteroatoms. The van der Waals surface area contributed by atoms with Crippen LogP contribution in [0, 0.1) is 5.82 Å². The zero-order valence-corrected chi connectivity index (χ0v) is 13.7. The molecule has 4 rings (SSSR count). The summed E-state index contributed by atoms with van der Waals surface area (Å²) in [6, 6.07) is 13.5. The van der Waals surface area contributed by atoms with Crippen LogP contribution in [0.1, 0.15) is 20.7 Å². The van der Waals surface area contributed by atoms with Crippen molar-refractivity contribution in [3.05, 3.63) is 65.5 Å². The molecule has 2 aliphatic heterocycles. The third kappa shape index (κ3) is 2.89. The number of anilines is 1. The molecule has 0 atom stereocenters. The number of piperazine rings is 1. The lowest BCUT2D eigenvalue weighted by Crippen LogP contribution is -3.16. The van der Waals surface area contributed by atoms with Gasteiger partial charge in [0.15, 0.2) is 6.67 Å². The van der Waals surface area contributed by atoms with Crippen LogP contribution in [0.5, 0.6) is 0 Å². The fraction of sp³-hybridized carbons (Fsp3) is 0.263. The fourth-order valence-corrected chi connectivity index (χ4v) is 3.50. The minimum atomic E-state index is -0.237. The van der Waals surface area contributed by atoms with Gasteiger partial charge in [-0.3, -0.25) is 9.59 Å². The Morgan fingerprint density at radius 1 is 0.880 bits per heavy atom. The molecule has 2 aromatic carbocycles. The van der Waals surface area contributed by atoms with Crippen LogP contribution >= 0.6 is 0 Å². The third-order valence-electron chi connectivity index (χ3n) is 4.92. The molecule has 0 saturated carbocycles. The first-order valence-electron chi connectivity index (χ1n) is 8.43. The second kappa shape index (κ2) is 6.29. The first kappa shape index (κ1) is 15.8. The maximum Gasteiger partial charge on any atom is 0.265 e. The Hall–Kier alpha value is -2.73. The molecule has 25 heavy (non-hydrogen) atoms. The van der Waals surface area contributed by atoms with Crippen LogP contribution in [0.3, 0.4) is 0 Å². The number of hydrogen-bond acceptors (Lipinski definition) is 3. The van der Waals surface area contributed by atoms with E-state index in [0.717, 1.165) is 31.9 Å². The molecule has 2 aliphatic rings. The van der Waals surface area contributed by atoms with Crippen LogP contribution in [0.25, 0.3) is 0 Å². The minimum absolute atomic E-state index is 0.200. The molecule has 2 amide bonds. The van der Waals surface area contributed by atoms with Crippen molar-refractivity contribution in [3.8, 4) is 0 Å². The van der Waals surface area contributed by atoms with Gasteiger partial charge in [0.25, 0.3) is 11.8 Å². The topological polar surface area (TPSA) is 45.1 Å². The van der Waals surface area contributed by atoms with E-state index in [-0.39, 0.29) is 17.6 Å². The zero-order chi connectivity index (χ0) is 17.4. The van der Waals surface area contributed by atoms with Gasteiger partial charge in [-0.05, 0) is 36.4 Å². The molecule has 2 heterocycles. The Kier molecular flexibility index (Phi) is 3.97.